The van der Waals surface area contributed by atoms with Crippen LogP contribution in [0.1, 0.15) is 157 Å². The number of fused-ring (bicyclic) bond motifs is 7. The van der Waals surface area contributed by atoms with Crippen molar-refractivity contribution in [2.75, 3.05) is 0 Å². The van der Waals surface area contributed by atoms with Gasteiger partial charge in [0.15, 0.2) is 18.9 Å². The Bertz CT molecular complexity index is 1500. The summed E-state index contributed by atoms with van der Waals surface area (Å²) in [5.74, 6) is 3.47. The van der Waals surface area contributed by atoms with Crippen LogP contribution >= 0.6 is 0 Å². The van der Waals surface area contributed by atoms with Crippen LogP contribution in [0.15, 0.2) is 60.0 Å². The summed E-state index contributed by atoms with van der Waals surface area (Å²) < 4.78 is 8.63. The molecule has 0 aliphatic heterocycles. The molecule has 50 heavy (non-hydrogen) atoms. The first-order valence-electron chi connectivity index (χ1n) is 20.1. The van der Waals surface area contributed by atoms with Crippen LogP contribution in [-0.4, -0.2) is 12.1 Å². The van der Waals surface area contributed by atoms with Crippen molar-refractivity contribution in [3.05, 3.63) is 65.5 Å². The zero-order valence-electron chi connectivity index (χ0n) is 33.5. The molecule has 5 fully saturated rings. The molecule has 6 rings (SSSR count). The van der Waals surface area contributed by atoms with Gasteiger partial charge in [0, 0.05) is 11.5 Å². The van der Waals surface area contributed by atoms with Gasteiger partial charge in [0.2, 0.25) is 0 Å². The third-order valence-electron chi connectivity index (χ3n) is 16.5. The third-order valence-corrected chi connectivity index (χ3v) is 16.5. The van der Waals surface area contributed by atoms with Gasteiger partial charge >= 0.3 is 5.97 Å². The topological polar surface area (TPSA) is 30.2 Å². The molecule has 10 atom stereocenters. The maximum absolute atomic E-state index is 13.7. The molecule has 1 aromatic heterocycles. The number of allylic oxidation sites excluding steroid dienone is 5. The maximum Gasteiger partial charge on any atom is 0.344 e. The van der Waals surface area contributed by atoms with Crippen molar-refractivity contribution in [3.8, 4) is 0 Å². The second-order valence-electron chi connectivity index (χ2n) is 19.8. The van der Waals surface area contributed by atoms with E-state index in [-0.39, 0.29) is 39.9 Å². The molecule has 0 amide bonds. The summed E-state index contributed by atoms with van der Waals surface area (Å²) in [5, 5.41) is 0. The smallest absolute Gasteiger partial charge is 0.344 e. The van der Waals surface area contributed by atoms with Gasteiger partial charge in [0.05, 0.1) is 0 Å². The van der Waals surface area contributed by atoms with Crippen LogP contribution in [-0.2, 0) is 11.3 Å². The van der Waals surface area contributed by atoms with Gasteiger partial charge in [0.25, 0.3) is 0 Å². The molecule has 0 aromatic carbocycles. The van der Waals surface area contributed by atoms with Crippen LogP contribution in [0.5, 0.6) is 0 Å². The van der Waals surface area contributed by atoms with Crippen molar-refractivity contribution < 1.29 is 31.1 Å². The van der Waals surface area contributed by atoms with E-state index in [1.54, 1.807) is 0 Å². The number of pyridine rings is 1. The average Bonchev–Trinajstić information content (AvgIpc) is 3.39. The van der Waals surface area contributed by atoms with Gasteiger partial charge in [-0.2, -0.15) is 0 Å². The molecule has 5 aliphatic rings. The molecular weight excluding hydrogens is 678 g/mol. The molecule has 5 saturated carbocycles. The average molecular weight is 749 g/mol. The summed E-state index contributed by atoms with van der Waals surface area (Å²) in [4.78, 5) is 13.7. The fraction of sp³-hybridized carbons (Fsp3) is 0.739. The van der Waals surface area contributed by atoms with E-state index in [1.807, 2.05) is 18.3 Å². The van der Waals surface area contributed by atoms with E-state index in [0.717, 1.165) is 43.6 Å². The standard InChI is InChI=1S/C46H70NO2.BrH/c1-31(2)14-12-15-33(5)22-29-47-28-13-16-34(30-47)41(48)49-39-21-24-44(9)37(42(39,6)7)20-25-46(11)38(44)18-17-36-40-35(32(3)4)19-23-43(40,8)26-27-45(36,46)10;/h13-14,16,22,28,30,35-40H,3,12,15,17-21,23-27,29H2,1-2,4-11H3;1H/q+1;/p-1/b33-22+;/t35-,36-,37-,38+,39-,40-,43+,44-,45+,46+;/m0./s1. The fourth-order valence-electron chi connectivity index (χ4n) is 13.6. The lowest BCUT2D eigenvalue weighted by Crippen LogP contribution is -3.00. The number of esters is 1. The van der Waals surface area contributed by atoms with E-state index in [4.69, 9.17) is 4.74 Å². The number of rotatable bonds is 8. The minimum Gasteiger partial charge on any atom is -1.00 e. The summed E-state index contributed by atoms with van der Waals surface area (Å²) >= 11 is 0. The second-order valence-corrected chi connectivity index (χ2v) is 19.8. The Morgan fingerprint density at radius 1 is 0.880 bits per heavy atom. The quantitative estimate of drug-likeness (QED) is 0.151. The van der Waals surface area contributed by atoms with Crippen molar-refractivity contribution in [1.29, 1.82) is 0 Å². The van der Waals surface area contributed by atoms with Gasteiger partial charge in [-0.1, -0.05) is 70.9 Å². The predicted octanol–water partition coefficient (Wildman–Crippen LogP) is 8.87. The number of halogens is 1. The Hall–Kier alpha value is -1.68. The third kappa shape index (κ3) is 6.57. The van der Waals surface area contributed by atoms with Gasteiger partial charge in [-0.05, 0) is 168 Å². The number of hydrogen-bond donors (Lipinski definition) is 0. The van der Waals surface area contributed by atoms with Crippen molar-refractivity contribution >= 4 is 5.97 Å². The summed E-state index contributed by atoms with van der Waals surface area (Å²) in [6, 6.07) is 3.91. The van der Waals surface area contributed by atoms with Crippen molar-refractivity contribution in [2.24, 2.45) is 56.7 Å². The molecule has 1 heterocycles. The highest BCUT2D eigenvalue weighted by Crippen LogP contribution is 2.77. The minimum absolute atomic E-state index is 0. The van der Waals surface area contributed by atoms with E-state index < -0.39 is 0 Å². The molecule has 3 nitrogen and oxygen atoms in total. The van der Waals surface area contributed by atoms with Gasteiger partial charge in [-0.25, -0.2) is 9.36 Å². The Balaban J connectivity index is 0.00000486. The van der Waals surface area contributed by atoms with Crippen LogP contribution in [0.3, 0.4) is 0 Å². The summed E-state index contributed by atoms with van der Waals surface area (Å²) in [7, 11) is 0. The van der Waals surface area contributed by atoms with Crippen LogP contribution in [0.25, 0.3) is 0 Å². The molecule has 0 spiro atoms. The Labute approximate surface area is 317 Å². The van der Waals surface area contributed by atoms with Gasteiger partial charge in [0.1, 0.15) is 11.7 Å². The number of nitrogens with zero attached hydrogens (tertiary/aromatic N) is 1. The molecule has 1 aromatic rings. The number of aromatic nitrogens is 1. The number of ether oxygens (including phenoxy) is 1. The lowest BCUT2D eigenvalue weighted by Gasteiger charge is -2.73. The molecule has 0 radical (unpaired) electrons. The van der Waals surface area contributed by atoms with E-state index in [1.165, 1.54) is 74.5 Å². The molecule has 0 unspecified atom stereocenters. The molecule has 0 N–H and O–H groups in total. The number of carbonyl (C=O) groups is 1. The molecule has 0 bridgehead atoms. The molecular formula is C46H70BrNO2. The van der Waals surface area contributed by atoms with Gasteiger partial charge in [-0.15, -0.1) is 0 Å². The Morgan fingerprint density at radius 3 is 2.32 bits per heavy atom. The molecule has 5 aliphatic carbocycles. The first kappa shape index (κ1) is 39.5. The van der Waals surface area contributed by atoms with Crippen LogP contribution in [0, 0.1) is 56.7 Å². The fourth-order valence-corrected chi connectivity index (χ4v) is 13.6. The highest BCUT2D eigenvalue weighted by atomic mass is 79.9. The number of hydrogen-bond acceptors (Lipinski definition) is 2. The van der Waals surface area contributed by atoms with Crippen molar-refractivity contribution in [2.45, 2.75) is 159 Å². The summed E-state index contributed by atoms with van der Waals surface area (Å²) in [6.45, 7) is 29.8. The Kier molecular flexibility index (Phi) is 11.3. The maximum atomic E-state index is 13.7. The largest absolute Gasteiger partial charge is 1.00 e. The normalized spacial score (nSPS) is 40.2. The molecule has 4 heteroatoms. The highest BCUT2D eigenvalue weighted by molar-refractivity contribution is 5.88. The zero-order chi connectivity index (χ0) is 35.6. The minimum atomic E-state index is -0.164. The lowest BCUT2D eigenvalue weighted by molar-refractivity contribution is -0.687. The van der Waals surface area contributed by atoms with E-state index >= 15 is 0 Å². The SMILES string of the molecule is C=C(C)[C@@H]1CC[C@]2(C)CC[C@]3(C)[C@@H](CC[C@@H]4[C@@]5(C)CC[C@H](OC(=O)c6ccc[n+](C/C=C(\C)CCC=C(C)C)c6)C(C)(C)[C@@H]5CC[C@]43C)[C@H]12.[Br-]. The Morgan fingerprint density at radius 2 is 1.62 bits per heavy atom. The monoisotopic (exact) mass is 747 g/mol. The van der Waals surface area contributed by atoms with Crippen LogP contribution in [0.2, 0.25) is 0 Å². The summed E-state index contributed by atoms with van der Waals surface area (Å²) in [6.07, 6.45) is 23.7. The van der Waals surface area contributed by atoms with Crippen LogP contribution in [0.4, 0.5) is 0 Å². The molecule has 278 valence electrons. The van der Waals surface area contributed by atoms with Crippen LogP contribution < -0.4 is 21.5 Å². The number of carbonyl (C=O) groups excluding carboxylic acids is 1. The molecule has 0 saturated heterocycles. The van der Waals surface area contributed by atoms with E-state index in [2.05, 4.69) is 98.7 Å². The summed E-state index contributed by atoms with van der Waals surface area (Å²) in [5.41, 5.74) is 6.33. The predicted molar refractivity (Wildman–Crippen MR) is 203 cm³/mol. The lowest BCUT2D eigenvalue weighted by atomic mass is 9.32. The zero-order valence-corrected chi connectivity index (χ0v) is 35.1. The van der Waals surface area contributed by atoms with Gasteiger partial charge < -0.3 is 21.7 Å². The van der Waals surface area contributed by atoms with Crippen molar-refractivity contribution in [3.63, 3.8) is 0 Å². The van der Waals surface area contributed by atoms with E-state index in [0.29, 0.717) is 33.6 Å². The van der Waals surface area contributed by atoms with Gasteiger partial charge in [-0.3, -0.25) is 0 Å². The second kappa shape index (κ2) is 14.3. The first-order chi connectivity index (χ1) is 23.0. The van der Waals surface area contributed by atoms with E-state index in [9.17, 15) is 4.79 Å². The highest BCUT2D eigenvalue weighted by Gasteiger charge is 2.70. The first-order valence-corrected chi connectivity index (χ1v) is 20.1. The van der Waals surface area contributed by atoms with Crippen molar-refractivity contribution in [1.82, 2.24) is 0 Å².